The van der Waals surface area contributed by atoms with Crippen molar-refractivity contribution in [3.8, 4) is 0 Å². The van der Waals surface area contributed by atoms with Crippen molar-refractivity contribution in [3.63, 3.8) is 0 Å². The van der Waals surface area contributed by atoms with Gasteiger partial charge in [-0.2, -0.15) is 0 Å². The second kappa shape index (κ2) is 6.21. The van der Waals surface area contributed by atoms with Crippen LogP contribution in [0.5, 0.6) is 0 Å². The number of ether oxygens (including phenoxy) is 2. The summed E-state index contributed by atoms with van der Waals surface area (Å²) in [6, 6.07) is 0.399. The van der Waals surface area contributed by atoms with E-state index in [1.165, 1.54) is 12.8 Å². The Kier molecular flexibility index (Phi) is 5.22. The zero-order valence-corrected chi connectivity index (χ0v) is 10.5. The van der Waals surface area contributed by atoms with E-state index in [1.807, 2.05) is 20.8 Å². The van der Waals surface area contributed by atoms with Crippen LogP contribution < -0.4 is 5.32 Å². The van der Waals surface area contributed by atoms with Crippen LogP contribution in [-0.4, -0.2) is 37.4 Å². The normalized spacial score (nSPS) is 21.8. The second-order valence-electron chi connectivity index (χ2n) is 5.25. The van der Waals surface area contributed by atoms with Crippen molar-refractivity contribution in [2.45, 2.75) is 51.7 Å². The Bertz CT molecular complexity index is 217. The molecule has 1 N–H and O–H groups in total. The molecule has 1 aliphatic heterocycles. The summed E-state index contributed by atoms with van der Waals surface area (Å²) in [5.74, 6) is -0.289. The molecule has 0 spiro atoms. The van der Waals surface area contributed by atoms with Crippen molar-refractivity contribution in [1.82, 2.24) is 5.32 Å². The van der Waals surface area contributed by atoms with E-state index in [-0.39, 0.29) is 12.6 Å². The minimum Gasteiger partial charge on any atom is -0.458 e. The number of hydrogen-bond acceptors (Lipinski definition) is 4. The number of carbonyl (C=O) groups is 1. The van der Waals surface area contributed by atoms with E-state index in [0.29, 0.717) is 12.6 Å². The van der Waals surface area contributed by atoms with E-state index < -0.39 is 5.60 Å². The molecule has 0 aromatic carbocycles. The van der Waals surface area contributed by atoms with Gasteiger partial charge in [0.25, 0.3) is 0 Å². The van der Waals surface area contributed by atoms with Gasteiger partial charge in [0, 0.05) is 6.04 Å². The predicted octanol–water partition coefficient (Wildman–Crippen LogP) is 1.49. The Morgan fingerprint density at radius 3 is 2.69 bits per heavy atom. The van der Waals surface area contributed by atoms with Gasteiger partial charge in [0.15, 0.2) is 0 Å². The average Bonchev–Trinajstić information content (AvgIpc) is 2.16. The molecule has 1 fully saturated rings. The highest BCUT2D eigenvalue weighted by atomic mass is 16.6. The molecule has 0 radical (unpaired) electrons. The van der Waals surface area contributed by atoms with Gasteiger partial charge in [-0.25, -0.2) is 4.79 Å². The standard InChI is InChI=1S/C12H23NO3/c1-12(2,3)16-11(14)9-15-8-10-6-4-5-7-13-10/h10,13H,4-9H2,1-3H3. The molecule has 1 unspecified atom stereocenters. The van der Waals surface area contributed by atoms with E-state index in [2.05, 4.69) is 5.32 Å². The molecule has 16 heavy (non-hydrogen) atoms. The lowest BCUT2D eigenvalue weighted by Gasteiger charge is -2.23. The highest BCUT2D eigenvalue weighted by molar-refractivity contribution is 5.71. The Hall–Kier alpha value is -0.610. The summed E-state index contributed by atoms with van der Waals surface area (Å²) in [6.45, 7) is 7.27. The fourth-order valence-corrected chi connectivity index (χ4v) is 1.72. The van der Waals surface area contributed by atoms with Crippen LogP contribution in [-0.2, 0) is 14.3 Å². The summed E-state index contributed by atoms with van der Waals surface area (Å²) in [5.41, 5.74) is -0.427. The largest absolute Gasteiger partial charge is 0.458 e. The van der Waals surface area contributed by atoms with Crippen molar-refractivity contribution in [3.05, 3.63) is 0 Å². The van der Waals surface area contributed by atoms with Gasteiger partial charge in [-0.15, -0.1) is 0 Å². The first-order valence-electron chi connectivity index (χ1n) is 6.00. The molecule has 1 heterocycles. The molecular weight excluding hydrogens is 206 g/mol. The number of rotatable bonds is 4. The highest BCUT2D eigenvalue weighted by Crippen LogP contribution is 2.08. The first kappa shape index (κ1) is 13.5. The van der Waals surface area contributed by atoms with Gasteiger partial charge in [-0.05, 0) is 40.2 Å². The van der Waals surface area contributed by atoms with Gasteiger partial charge in [0.05, 0.1) is 6.61 Å². The SMILES string of the molecule is CC(C)(C)OC(=O)COCC1CCCCN1. The molecule has 0 amide bonds. The Morgan fingerprint density at radius 2 is 2.12 bits per heavy atom. The van der Waals surface area contributed by atoms with Crippen molar-refractivity contribution in [2.24, 2.45) is 0 Å². The zero-order chi connectivity index (χ0) is 12.0. The van der Waals surface area contributed by atoms with Crippen LogP contribution in [0.1, 0.15) is 40.0 Å². The lowest BCUT2D eigenvalue weighted by molar-refractivity contribution is -0.160. The molecule has 0 bridgehead atoms. The maximum atomic E-state index is 11.3. The average molecular weight is 229 g/mol. The number of hydrogen-bond donors (Lipinski definition) is 1. The monoisotopic (exact) mass is 229 g/mol. The lowest BCUT2D eigenvalue weighted by Crippen LogP contribution is -2.38. The van der Waals surface area contributed by atoms with E-state index in [9.17, 15) is 4.79 Å². The van der Waals surface area contributed by atoms with Gasteiger partial charge in [0.1, 0.15) is 12.2 Å². The van der Waals surface area contributed by atoms with Crippen LogP contribution in [0.25, 0.3) is 0 Å². The van der Waals surface area contributed by atoms with Crippen LogP contribution in [0.4, 0.5) is 0 Å². The molecule has 4 heteroatoms. The van der Waals surface area contributed by atoms with Crippen LogP contribution in [0.2, 0.25) is 0 Å². The highest BCUT2D eigenvalue weighted by Gasteiger charge is 2.17. The number of piperidine rings is 1. The molecule has 1 rings (SSSR count). The summed E-state index contributed by atoms with van der Waals surface area (Å²) in [4.78, 5) is 11.3. The van der Waals surface area contributed by atoms with Gasteiger partial charge >= 0.3 is 5.97 Å². The number of carbonyl (C=O) groups excluding carboxylic acids is 1. The maximum absolute atomic E-state index is 11.3. The van der Waals surface area contributed by atoms with Crippen molar-refractivity contribution >= 4 is 5.97 Å². The third-order valence-electron chi connectivity index (χ3n) is 2.37. The van der Waals surface area contributed by atoms with Gasteiger partial charge in [-0.3, -0.25) is 0 Å². The third kappa shape index (κ3) is 6.08. The molecule has 1 aliphatic rings. The quantitative estimate of drug-likeness (QED) is 0.742. The predicted molar refractivity (Wildman–Crippen MR) is 62.3 cm³/mol. The summed E-state index contributed by atoms with van der Waals surface area (Å²) < 4.78 is 10.5. The van der Waals surface area contributed by atoms with Crippen LogP contribution in [0.3, 0.4) is 0 Å². The molecule has 1 atom stereocenters. The fourth-order valence-electron chi connectivity index (χ4n) is 1.72. The van der Waals surface area contributed by atoms with Gasteiger partial charge < -0.3 is 14.8 Å². The summed E-state index contributed by atoms with van der Waals surface area (Å²) in [5, 5.41) is 3.36. The second-order valence-corrected chi connectivity index (χ2v) is 5.25. The zero-order valence-electron chi connectivity index (χ0n) is 10.5. The Labute approximate surface area is 97.7 Å². The first-order chi connectivity index (χ1) is 7.47. The van der Waals surface area contributed by atoms with E-state index in [4.69, 9.17) is 9.47 Å². The van der Waals surface area contributed by atoms with Gasteiger partial charge in [0.2, 0.25) is 0 Å². The summed E-state index contributed by atoms with van der Waals surface area (Å²) in [6.07, 6.45) is 3.62. The maximum Gasteiger partial charge on any atom is 0.332 e. The van der Waals surface area contributed by atoms with Crippen LogP contribution >= 0.6 is 0 Å². The van der Waals surface area contributed by atoms with E-state index in [1.54, 1.807) is 0 Å². The molecule has 0 aromatic heterocycles. The summed E-state index contributed by atoms with van der Waals surface area (Å²) in [7, 11) is 0. The van der Waals surface area contributed by atoms with Gasteiger partial charge in [-0.1, -0.05) is 6.42 Å². The minimum absolute atomic E-state index is 0.0510. The van der Waals surface area contributed by atoms with E-state index in [0.717, 1.165) is 13.0 Å². The first-order valence-corrected chi connectivity index (χ1v) is 6.00. The lowest BCUT2D eigenvalue weighted by atomic mass is 10.1. The van der Waals surface area contributed by atoms with Crippen molar-refractivity contribution < 1.29 is 14.3 Å². The molecule has 94 valence electrons. The molecule has 4 nitrogen and oxygen atoms in total. The molecule has 0 aliphatic carbocycles. The molecule has 0 saturated carbocycles. The van der Waals surface area contributed by atoms with Crippen LogP contribution in [0, 0.1) is 0 Å². The van der Waals surface area contributed by atoms with E-state index >= 15 is 0 Å². The third-order valence-corrected chi connectivity index (χ3v) is 2.37. The van der Waals surface area contributed by atoms with Crippen LogP contribution in [0.15, 0.2) is 0 Å². The number of esters is 1. The smallest absolute Gasteiger partial charge is 0.332 e. The topological polar surface area (TPSA) is 47.6 Å². The Morgan fingerprint density at radius 1 is 1.38 bits per heavy atom. The van der Waals surface area contributed by atoms with Crippen molar-refractivity contribution in [2.75, 3.05) is 19.8 Å². The van der Waals surface area contributed by atoms with Crippen molar-refractivity contribution in [1.29, 1.82) is 0 Å². The molecular formula is C12H23NO3. The molecule has 1 saturated heterocycles. The molecule has 0 aromatic rings. The Balaban J connectivity index is 2.08. The summed E-state index contributed by atoms with van der Waals surface area (Å²) >= 11 is 0. The minimum atomic E-state index is -0.427. The number of nitrogens with one attached hydrogen (secondary N) is 1. The fraction of sp³-hybridized carbons (Fsp3) is 0.917.